The fourth-order valence-electron chi connectivity index (χ4n) is 3.03. The van der Waals surface area contributed by atoms with Crippen LogP contribution in [0, 0.1) is 0 Å². The maximum absolute atomic E-state index is 12.8. The van der Waals surface area contributed by atoms with Crippen LogP contribution in [0.25, 0.3) is 11.1 Å². The Balaban J connectivity index is 2.02. The summed E-state index contributed by atoms with van der Waals surface area (Å²) in [5.41, 5.74) is 1.76. The van der Waals surface area contributed by atoms with Gasteiger partial charge in [-0.05, 0) is 50.3 Å². The molecule has 0 spiro atoms. The third-order valence-corrected chi connectivity index (χ3v) is 4.55. The van der Waals surface area contributed by atoms with Crippen molar-refractivity contribution in [3.8, 4) is 22.6 Å². The summed E-state index contributed by atoms with van der Waals surface area (Å²) in [5.74, 6) is 1.43. The Hall–Kier alpha value is -2.21. The number of hydrogen-bond donors (Lipinski definition) is 0. The molecule has 1 heterocycles. The highest BCUT2D eigenvalue weighted by molar-refractivity contribution is 5.74. The summed E-state index contributed by atoms with van der Waals surface area (Å²) in [6.45, 7) is 0.529. The topological polar surface area (TPSA) is 21.7 Å². The van der Waals surface area contributed by atoms with Crippen LogP contribution in [-0.4, -0.2) is 38.8 Å². The first-order valence-electron chi connectivity index (χ1n) is 7.98. The van der Waals surface area contributed by atoms with Crippen LogP contribution in [0.3, 0.4) is 0 Å². The Morgan fingerprint density at radius 3 is 2.32 bits per heavy atom. The highest BCUT2D eigenvalue weighted by atomic mass is 19.4. The van der Waals surface area contributed by atoms with Gasteiger partial charge in [0, 0.05) is 17.2 Å². The van der Waals surface area contributed by atoms with E-state index in [0.717, 1.165) is 35.4 Å². The van der Waals surface area contributed by atoms with Crippen molar-refractivity contribution in [2.24, 2.45) is 0 Å². The molecule has 1 aliphatic rings. The first-order chi connectivity index (χ1) is 11.8. The Bertz CT molecular complexity index is 754. The molecule has 6 heteroatoms. The van der Waals surface area contributed by atoms with Gasteiger partial charge < -0.3 is 14.4 Å². The quantitative estimate of drug-likeness (QED) is 0.825. The van der Waals surface area contributed by atoms with Crippen molar-refractivity contribution in [2.75, 3.05) is 27.8 Å². The van der Waals surface area contributed by atoms with Crippen molar-refractivity contribution in [3.05, 3.63) is 47.5 Å². The van der Waals surface area contributed by atoms with E-state index in [4.69, 9.17) is 9.47 Å². The molecule has 0 aromatic heterocycles. The highest BCUT2D eigenvalue weighted by Gasteiger charge is 2.31. The Morgan fingerprint density at radius 2 is 1.76 bits per heavy atom. The number of halogens is 3. The fraction of sp³-hybridized carbons (Fsp3) is 0.368. The molecular formula is C19H20F3NO2. The average Bonchev–Trinajstić information content (AvgIpc) is 2.59. The maximum Gasteiger partial charge on any atom is 0.416 e. The number of rotatable bonds is 3. The predicted molar refractivity (Wildman–Crippen MR) is 90.1 cm³/mol. The minimum absolute atomic E-state index is 0.226. The lowest BCUT2D eigenvalue weighted by Gasteiger charge is -2.32. The monoisotopic (exact) mass is 351 g/mol. The molecule has 0 aliphatic carbocycles. The molecule has 3 nitrogen and oxygen atoms in total. The second kappa shape index (κ2) is 6.59. The van der Waals surface area contributed by atoms with Gasteiger partial charge in [-0.1, -0.05) is 12.1 Å². The van der Waals surface area contributed by atoms with Crippen LogP contribution in [0.5, 0.6) is 11.5 Å². The molecule has 0 saturated heterocycles. The average molecular weight is 351 g/mol. The number of nitrogens with zero attached hydrogens (tertiary/aromatic N) is 1. The van der Waals surface area contributed by atoms with Gasteiger partial charge >= 0.3 is 6.18 Å². The van der Waals surface area contributed by atoms with E-state index in [9.17, 15) is 13.2 Å². The number of likely N-dealkylation sites (N-methyl/N-ethyl adjacent to an activating group) is 1. The number of ether oxygens (including phenoxy) is 2. The smallest absolute Gasteiger partial charge is 0.416 e. The van der Waals surface area contributed by atoms with E-state index >= 15 is 0 Å². The molecule has 3 rings (SSSR count). The standard InChI is InChI=1S/C19H20F3NO2/c1-23(2)14-10-16-17(24-3)9-8-15(18(16)25-11-14)12-4-6-13(7-5-12)19(20,21)22/h4-9,14H,10-11H2,1-3H3. The number of alkyl halides is 3. The number of hydrogen-bond acceptors (Lipinski definition) is 3. The second-order valence-corrected chi connectivity index (χ2v) is 6.33. The molecule has 25 heavy (non-hydrogen) atoms. The first kappa shape index (κ1) is 17.6. The lowest BCUT2D eigenvalue weighted by molar-refractivity contribution is -0.137. The van der Waals surface area contributed by atoms with Crippen LogP contribution in [0.1, 0.15) is 11.1 Å². The molecule has 0 N–H and O–H groups in total. The van der Waals surface area contributed by atoms with E-state index in [2.05, 4.69) is 4.90 Å². The van der Waals surface area contributed by atoms with Crippen molar-refractivity contribution >= 4 is 0 Å². The summed E-state index contributed by atoms with van der Waals surface area (Å²) < 4.78 is 49.7. The predicted octanol–water partition coefficient (Wildman–Crippen LogP) is 4.25. The van der Waals surface area contributed by atoms with E-state index in [1.54, 1.807) is 7.11 Å². The molecule has 0 bridgehead atoms. The summed E-state index contributed by atoms with van der Waals surface area (Å²) in [7, 11) is 5.59. The van der Waals surface area contributed by atoms with Crippen LogP contribution in [0.4, 0.5) is 13.2 Å². The largest absolute Gasteiger partial charge is 0.496 e. The van der Waals surface area contributed by atoms with Crippen molar-refractivity contribution in [1.29, 1.82) is 0 Å². The van der Waals surface area contributed by atoms with Crippen LogP contribution < -0.4 is 9.47 Å². The van der Waals surface area contributed by atoms with Crippen molar-refractivity contribution in [1.82, 2.24) is 4.90 Å². The van der Waals surface area contributed by atoms with E-state index in [0.29, 0.717) is 17.9 Å². The zero-order valence-corrected chi connectivity index (χ0v) is 14.4. The zero-order chi connectivity index (χ0) is 18.2. The van der Waals surface area contributed by atoms with E-state index in [-0.39, 0.29) is 6.04 Å². The molecule has 2 aromatic carbocycles. The molecule has 134 valence electrons. The zero-order valence-electron chi connectivity index (χ0n) is 14.4. The Morgan fingerprint density at radius 1 is 1.08 bits per heavy atom. The maximum atomic E-state index is 12.8. The second-order valence-electron chi connectivity index (χ2n) is 6.33. The summed E-state index contributed by atoms with van der Waals surface area (Å²) in [6.07, 6.45) is -3.58. The highest BCUT2D eigenvalue weighted by Crippen LogP contribution is 2.42. The molecule has 1 unspecified atom stereocenters. The minimum atomic E-state index is -4.34. The molecule has 0 saturated carbocycles. The van der Waals surface area contributed by atoms with Gasteiger partial charge in [-0.15, -0.1) is 0 Å². The van der Waals surface area contributed by atoms with Crippen LogP contribution in [0.2, 0.25) is 0 Å². The minimum Gasteiger partial charge on any atom is -0.496 e. The van der Waals surface area contributed by atoms with Gasteiger partial charge in [0.05, 0.1) is 12.7 Å². The summed E-state index contributed by atoms with van der Waals surface area (Å²) in [4.78, 5) is 2.09. The van der Waals surface area contributed by atoms with Gasteiger partial charge in [-0.3, -0.25) is 0 Å². The van der Waals surface area contributed by atoms with Crippen LogP contribution >= 0.6 is 0 Å². The van der Waals surface area contributed by atoms with Crippen molar-refractivity contribution < 1.29 is 22.6 Å². The molecular weight excluding hydrogens is 331 g/mol. The Labute approximate surface area is 145 Å². The van der Waals surface area contributed by atoms with Gasteiger partial charge in [0.1, 0.15) is 18.1 Å². The number of benzene rings is 2. The summed E-state index contributed by atoms with van der Waals surface area (Å²) in [5, 5.41) is 0. The van der Waals surface area contributed by atoms with E-state index in [1.807, 2.05) is 26.2 Å². The van der Waals surface area contributed by atoms with Gasteiger partial charge in [0.25, 0.3) is 0 Å². The fourth-order valence-corrected chi connectivity index (χ4v) is 3.03. The molecule has 0 radical (unpaired) electrons. The van der Waals surface area contributed by atoms with Crippen molar-refractivity contribution in [3.63, 3.8) is 0 Å². The van der Waals surface area contributed by atoms with E-state index in [1.165, 1.54) is 12.1 Å². The number of fused-ring (bicyclic) bond motifs is 1. The third kappa shape index (κ3) is 3.44. The molecule has 1 atom stereocenters. The first-order valence-corrected chi connectivity index (χ1v) is 7.98. The van der Waals surface area contributed by atoms with Gasteiger partial charge in [0.15, 0.2) is 0 Å². The van der Waals surface area contributed by atoms with E-state index < -0.39 is 11.7 Å². The lowest BCUT2D eigenvalue weighted by atomic mass is 9.94. The third-order valence-electron chi connectivity index (χ3n) is 4.55. The lowest BCUT2D eigenvalue weighted by Crippen LogP contribution is -2.38. The molecule has 0 fully saturated rings. The van der Waals surface area contributed by atoms with Gasteiger partial charge in [0.2, 0.25) is 0 Å². The SMILES string of the molecule is COc1ccc(-c2ccc(C(F)(F)F)cc2)c2c1CC(N(C)C)CO2. The molecule has 0 amide bonds. The molecule has 1 aliphatic heterocycles. The van der Waals surface area contributed by atoms with Crippen LogP contribution in [-0.2, 0) is 12.6 Å². The normalized spacial score (nSPS) is 17.2. The van der Waals surface area contributed by atoms with Crippen LogP contribution in [0.15, 0.2) is 36.4 Å². The summed E-state index contributed by atoms with van der Waals surface area (Å²) >= 11 is 0. The van der Waals surface area contributed by atoms with Gasteiger partial charge in [-0.2, -0.15) is 13.2 Å². The summed E-state index contributed by atoms with van der Waals surface area (Å²) in [6, 6.07) is 9.04. The van der Waals surface area contributed by atoms with Gasteiger partial charge in [-0.25, -0.2) is 0 Å². The number of methoxy groups -OCH3 is 1. The molecule has 2 aromatic rings. The Kier molecular flexibility index (Phi) is 4.64. The van der Waals surface area contributed by atoms with Crippen molar-refractivity contribution in [2.45, 2.75) is 18.6 Å².